The number of rotatable bonds is 5. The first-order valence-corrected chi connectivity index (χ1v) is 19.6. The van der Waals surface area contributed by atoms with E-state index in [1.165, 1.54) is 55.1 Å². The van der Waals surface area contributed by atoms with E-state index in [2.05, 4.69) is 184 Å². The topological polar surface area (TPSA) is 38.7 Å². The van der Waals surface area contributed by atoms with Gasteiger partial charge >= 0.3 is 0 Å². The molecule has 57 heavy (non-hydrogen) atoms. The summed E-state index contributed by atoms with van der Waals surface area (Å²) in [6.45, 7) is 4.69. The molecule has 3 heteroatoms. The molecule has 268 valence electrons. The molecule has 0 fully saturated rings. The predicted octanol–water partition coefficient (Wildman–Crippen LogP) is 14.0. The van der Waals surface area contributed by atoms with Crippen molar-refractivity contribution in [2.24, 2.45) is 0 Å². The molecule has 0 aliphatic heterocycles. The van der Waals surface area contributed by atoms with Crippen molar-refractivity contribution in [3.63, 3.8) is 0 Å². The number of benzene rings is 8. The maximum absolute atomic E-state index is 5.30. The summed E-state index contributed by atoms with van der Waals surface area (Å²) < 4.78 is 0. The fourth-order valence-corrected chi connectivity index (χ4v) is 8.91. The summed E-state index contributed by atoms with van der Waals surface area (Å²) in [6.07, 6.45) is 1.99. The van der Waals surface area contributed by atoms with E-state index in [0.717, 1.165) is 49.9 Å². The Bertz CT molecular complexity index is 3220. The van der Waals surface area contributed by atoms with E-state index in [-0.39, 0.29) is 5.41 Å². The fraction of sp³-hybridized carbons (Fsp3) is 0.0556. The van der Waals surface area contributed by atoms with Crippen molar-refractivity contribution in [2.75, 3.05) is 0 Å². The van der Waals surface area contributed by atoms with Gasteiger partial charge < -0.3 is 0 Å². The standard InChI is InChI=1S/C54H37N3/c1-54(2)47-21-12-20-45(52(47)46-30-35-15-6-7-16-36(35)31-48(46)54)51-32-50(56-53(57-51)34-13-4-3-5-14-34)41-26-24-37-27-39(25-23-38(37)28-41)43-18-9-10-19-44(43)42-29-40-17-8-11-22-49(40)55-33-42/h3-33H,1-2H3. The van der Waals surface area contributed by atoms with Crippen molar-refractivity contribution in [3.8, 4) is 67.3 Å². The van der Waals surface area contributed by atoms with Crippen molar-refractivity contribution < 1.29 is 0 Å². The second-order valence-electron chi connectivity index (χ2n) is 15.7. The van der Waals surface area contributed by atoms with Crippen LogP contribution in [0.4, 0.5) is 0 Å². The van der Waals surface area contributed by atoms with Crippen LogP contribution >= 0.6 is 0 Å². The lowest BCUT2D eigenvalue weighted by atomic mass is 9.81. The summed E-state index contributed by atoms with van der Waals surface area (Å²) in [4.78, 5) is 15.3. The first-order chi connectivity index (χ1) is 28.0. The largest absolute Gasteiger partial charge is 0.256 e. The van der Waals surface area contributed by atoms with Gasteiger partial charge in [-0.15, -0.1) is 0 Å². The molecule has 8 aromatic carbocycles. The van der Waals surface area contributed by atoms with Crippen molar-refractivity contribution in [2.45, 2.75) is 19.3 Å². The van der Waals surface area contributed by atoms with Gasteiger partial charge in [0.15, 0.2) is 5.82 Å². The van der Waals surface area contributed by atoms with Crippen molar-refractivity contribution >= 4 is 32.4 Å². The summed E-state index contributed by atoms with van der Waals surface area (Å²) in [5.41, 5.74) is 15.7. The molecule has 0 radical (unpaired) electrons. The lowest BCUT2D eigenvalue weighted by Gasteiger charge is -2.22. The van der Waals surface area contributed by atoms with E-state index < -0.39 is 0 Å². The number of para-hydroxylation sites is 1. The van der Waals surface area contributed by atoms with Gasteiger partial charge in [0.05, 0.1) is 16.9 Å². The van der Waals surface area contributed by atoms with E-state index in [1.54, 1.807) is 0 Å². The van der Waals surface area contributed by atoms with Crippen LogP contribution in [0, 0.1) is 0 Å². The fourth-order valence-electron chi connectivity index (χ4n) is 8.91. The summed E-state index contributed by atoms with van der Waals surface area (Å²) in [6, 6.07) is 65.2. The first kappa shape index (κ1) is 33.1. The highest BCUT2D eigenvalue weighted by Gasteiger charge is 2.37. The van der Waals surface area contributed by atoms with Crippen LogP contribution < -0.4 is 0 Å². The van der Waals surface area contributed by atoms with Gasteiger partial charge in [-0.05, 0) is 103 Å². The average Bonchev–Trinajstić information content (AvgIpc) is 3.50. The van der Waals surface area contributed by atoms with Gasteiger partial charge in [-0.3, -0.25) is 4.98 Å². The Kier molecular flexibility index (Phi) is 7.52. The van der Waals surface area contributed by atoms with Crippen LogP contribution in [0.2, 0.25) is 0 Å². The Labute approximate surface area is 332 Å². The zero-order valence-corrected chi connectivity index (χ0v) is 31.7. The van der Waals surface area contributed by atoms with Crippen molar-refractivity contribution in [1.82, 2.24) is 15.0 Å². The quantitative estimate of drug-likeness (QED) is 0.177. The molecule has 0 bridgehead atoms. The van der Waals surface area contributed by atoms with Gasteiger partial charge in [-0.25, -0.2) is 9.97 Å². The molecule has 0 unspecified atom stereocenters. The number of pyridine rings is 1. The molecule has 2 aromatic heterocycles. The molecule has 0 saturated heterocycles. The Hall–Kier alpha value is -7.23. The van der Waals surface area contributed by atoms with Crippen LogP contribution in [-0.2, 0) is 5.41 Å². The third-order valence-electron chi connectivity index (χ3n) is 11.9. The second kappa shape index (κ2) is 12.9. The number of hydrogen-bond acceptors (Lipinski definition) is 3. The molecular weight excluding hydrogens is 691 g/mol. The monoisotopic (exact) mass is 727 g/mol. The molecule has 0 amide bonds. The van der Waals surface area contributed by atoms with Crippen LogP contribution in [0.3, 0.4) is 0 Å². The van der Waals surface area contributed by atoms with Gasteiger partial charge in [0, 0.05) is 39.3 Å². The van der Waals surface area contributed by atoms with Gasteiger partial charge in [0.25, 0.3) is 0 Å². The maximum Gasteiger partial charge on any atom is 0.160 e. The molecule has 0 atom stereocenters. The molecule has 11 rings (SSSR count). The lowest BCUT2D eigenvalue weighted by molar-refractivity contribution is 0.661. The SMILES string of the molecule is CC1(C)c2cc3ccccc3cc2-c2c(-c3cc(-c4ccc5cc(-c6ccccc6-c6cnc7ccccc7c6)ccc5c4)nc(-c4ccccc4)n3)cccc21. The Morgan fingerprint density at radius 1 is 0.368 bits per heavy atom. The van der Waals surface area contributed by atoms with Crippen molar-refractivity contribution in [3.05, 3.63) is 199 Å². The summed E-state index contributed by atoms with van der Waals surface area (Å²) in [5, 5.41) is 5.98. The molecular formula is C54H37N3. The van der Waals surface area contributed by atoms with Crippen LogP contribution in [0.15, 0.2) is 188 Å². The number of nitrogens with zero attached hydrogens (tertiary/aromatic N) is 3. The van der Waals surface area contributed by atoms with Gasteiger partial charge in [0.2, 0.25) is 0 Å². The molecule has 2 heterocycles. The molecule has 10 aromatic rings. The summed E-state index contributed by atoms with van der Waals surface area (Å²) in [5.74, 6) is 0.715. The van der Waals surface area contributed by atoms with Gasteiger partial charge in [-0.1, -0.05) is 153 Å². The Morgan fingerprint density at radius 2 is 0.965 bits per heavy atom. The third-order valence-corrected chi connectivity index (χ3v) is 11.9. The van der Waals surface area contributed by atoms with Crippen LogP contribution in [0.1, 0.15) is 25.0 Å². The highest BCUT2D eigenvalue weighted by atomic mass is 14.9. The molecule has 3 nitrogen and oxygen atoms in total. The van der Waals surface area contributed by atoms with E-state index >= 15 is 0 Å². The van der Waals surface area contributed by atoms with E-state index in [0.29, 0.717) is 5.82 Å². The minimum absolute atomic E-state index is 0.146. The molecule has 0 spiro atoms. The van der Waals surface area contributed by atoms with E-state index in [4.69, 9.17) is 15.0 Å². The summed E-state index contributed by atoms with van der Waals surface area (Å²) in [7, 11) is 0. The third kappa shape index (κ3) is 5.54. The minimum atomic E-state index is -0.146. The van der Waals surface area contributed by atoms with E-state index in [1.807, 2.05) is 18.3 Å². The lowest BCUT2D eigenvalue weighted by Crippen LogP contribution is -2.14. The smallest absolute Gasteiger partial charge is 0.160 e. The van der Waals surface area contributed by atoms with Crippen molar-refractivity contribution in [1.29, 1.82) is 0 Å². The Morgan fingerprint density at radius 3 is 1.77 bits per heavy atom. The van der Waals surface area contributed by atoms with Gasteiger partial charge in [-0.2, -0.15) is 0 Å². The number of aromatic nitrogens is 3. The zero-order valence-electron chi connectivity index (χ0n) is 31.7. The minimum Gasteiger partial charge on any atom is -0.256 e. The molecule has 0 saturated carbocycles. The highest BCUT2D eigenvalue weighted by Crippen LogP contribution is 2.53. The zero-order chi connectivity index (χ0) is 38.1. The second-order valence-corrected chi connectivity index (χ2v) is 15.7. The number of fused-ring (bicyclic) bond motifs is 6. The number of hydrogen-bond donors (Lipinski definition) is 0. The molecule has 0 N–H and O–H groups in total. The average molecular weight is 728 g/mol. The molecule has 1 aliphatic rings. The maximum atomic E-state index is 5.30. The van der Waals surface area contributed by atoms with Crippen LogP contribution in [0.25, 0.3) is 99.7 Å². The molecule has 1 aliphatic carbocycles. The first-order valence-electron chi connectivity index (χ1n) is 19.6. The Balaban J connectivity index is 1.03. The van der Waals surface area contributed by atoms with Crippen LogP contribution in [0.5, 0.6) is 0 Å². The normalized spacial score (nSPS) is 12.9. The summed E-state index contributed by atoms with van der Waals surface area (Å²) >= 11 is 0. The van der Waals surface area contributed by atoms with Crippen LogP contribution in [-0.4, -0.2) is 15.0 Å². The predicted molar refractivity (Wildman–Crippen MR) is 237 cm³/mol. The van der Waals surface area contributed by atoms with Gasteiger partial charge in [0.1, 0.15) is 0 Å². The highest BCUT2D eigenvalue weighted by molar-refractivity contribution is 5.99. The van der Waals surface area contributed by atoms with E-state index in [9.17, 15) is 0 Å².